The number of rotatable bonds is 5. The van der Waals surface area contributed by atoms with E-state index in [0.29, 0.717) is 36.6 Å². The number of hydrogen-bond acceptors (Lipinski definition) is 4. The second kappa shape index (κ2) is 9.07. The summed E-state index contributed by atoms with van der Waals surface area (Å²) in [6.45, 7) is 1.24. The molecule has 3 aromatic rings. The van der Waals surface area contributed by atoms with Gasteiger partial charge in [-0.05, 0) is 43.2 Å². The minimum Gasteiger partial charge on any atom is -0.354 e. The molecular weight excluding hydrogens is 402 g/mol. The lowest BCUT2D eigenvalue weighted by Crippen LogP contribution is -2.43. The largest absolute Gasteiger partial charge is 0.354 e. The van der Waals surface area contributed by atoms with Crippen LogP contribution in [-0.2, 0) is 11.3 Å². The van der Waals surface area contributed by atoms with Crippen LogP contribution in [0.1, 0.15) is 18.4 Å². The average molecular weight is 424 g/mol. The molecule has 0 unspecified atom stereocenters. The van der Waals surface area contributed by atoms with E-state index >= 15 is 0 Å². The molecule has 1 aliphatic heterocycles. The highest BCUT2D eigenvalue weighted by Gasteiger charge is 2.27. The highest BCUT2D eigenvalue weighted by Crippen LogP contribution is 2.22. The lowest BCUT2D eigenvalue weighted by Gasteiger charge is -2.33. The minimum absolute atomic E-state index is 0.130. The van der Waals surface area contributed by atoms with Gasteiger partial charge in [0, 0.05) is 31.3 Å². The number of nitrogens with zero attached hydrogens (tertiary/aromatic N) is 3. The lowest BCUT2D eigenvalue weighted by atomic mass is 9.97. The number of nitrogens with one attached hydrogen (secondary N) is 1. The van der Waals surface area contributed by atoms with E-state index in [4.69, 9.17) is 0 Å². The third kappa shape index (κ3) is 4.79. The number of hydrogen-bond donors (Lipinski definition) is 1. The summed E-state index contributed by atoms with van der Waals surface area (Å²) < 4.78 is 28.5. The first kappa shape index (κ1) is 20.7. The van der Waals surface area contributed by atoms with Gasteiger partial charge in [-0.2, -0.15) is 4.68 Å². The maximum atomic E-state index is 13.8. The number of piperidine rings is 1. The fraction of sp³-hybridized carbons (Fsp3) is 0.261. The van der Waals surface area contributed by atoms with E-state index in [9.17, 15) is 18.4 Å². The monoisotopic (exact) mass is 424 g/mol. The zero-order chi connectivity index (χ0) is 21.8. The summed E-state index contributed by atoms with van der Waals surface area (Å²) in [5, 5.41) is 7.20. The molecule has 31 heavy (non-hydrogen) atoms. The van der Waals surface area contributed by atoms with Crippen molar-refractivity contribution >= 4 is 11.7 Å². The maximum Gasteiger partial charge on any atom is 0.271 e. The van der Waals surface area contributed by atoms with Crippen LogP contribution in [0.4, 0.5) is 14.6 Å². The van der Waals surface area contributed by atoms with E-state index in [1.165, 1.54) is 30.3 Å². The Hall–Kier alpha value is -3.55. The van der Waals surface area contributed by atoms with Gasteiger partial charge in [-0.15, -0.1) is 5.10 Å². The van der Waals surface area contributed by atoms with E-state index in [-0.39, 0.29) is 29.7 Å². The quantitative estimate of drug-likeness (QED) is 0.684. The molecule has 0 radical (unpaired) electrons. The van der Waals surface area contributed by atoms with Crippen LogP contribution < -0.4 is 15.8 Å². The van der Waals surface area contributed by atoms with Crippen molar-refractivity contribution in [2.45, 2.75) is 19.4 Å². The van der Waals surface area contributed by atoms with Gasteiger partial charge < -0.3 is 10.2 Å². The fourth-order valence-corrected chi connectivity index (χ4v) is 3.73. The van der Waals surface area contributed by atoms with Gasteiger partial charge in [0.15, 0.2) is 0 Å². The van der Waals surface area contributed by atoms with Crippen LogP contribution in [0, 0.1) is 17.6 Å². The van der Waals surface area contributed by atoms with Crippen LogP contribution in [0.15, 0.2) is 65.5 Å². The molecule has 0 bridgehead atoms. The Labute approximate surface area is 178 Å². The molecule has 2 heterocycles. The number of benzene rings is 2. The number of carbonyl (C=O) groups excluding carboxylic acids is 1. The van der Waals surface area contributed by atoms with Crippen molar-refractivity contribution in [3.8, 4) is 5.69 Å². The Balaban J connectivity index is 1.47. The first-order valence-electron chi connectivity index (χ1n) is 10.1. The maximum absolute atomic E-state index is 13.8. The summed E-state index contributed by atoms with van der Waals surface area (Å²) in [6.07, 6.45) is 1.49. The molecule has 2 aromatic carbocycles. The second-order valence-corrected chi connectivity index (χ2v) is 7.52. The summed E-state index contributed by atoms with van der Waals surface area (Å²) in [7, 11) is 0. The molecule has 1 amide bonds. The minimum atomic E-state index is -0.457. The highest BCUT2D eigenvalue weighted by molar-refractivity contribution is 5.79. The summed E-state index contributed by atoms with van der Waals surface area (Å²) in [5.41, 5.74) is 0.404. The number of carbonyl (C=O) groups is 1. The smallest absolute Gasteiger partial charge is 0.271 e. The SMILES string of the molecule is O=C(NCc1ccccc1F)[C@@H]1CCCN(c2ccc(=O)n(-c3cccc(F)c3)n2)C1. The second-order valence-electron chi connectivity index (χ2n) is 7.52. The van der Waals surface area contributed by atoms with E-state index in [0.717, 1.165) is 11.1 Å². The Kier molecular flexibility index (Phi) is 6.06. The summed E-state index contributed by atoms with van der Waals surface area (Å²) in [6, 6.07) is 15.0. The van der Waals surface area contributed by atoms with Crippen LogP contribution in [0.5, 0.6) is 0 Å². The van der Waals surface area contributed by atoms with Crippen molar-refractivity contribution in [2.24, 2.45) is 5.92 Å². The number of aromatic nitrogens is 2. The van der Waals surface area contributed by atoms with Gasteiger partial charge in [-0.25, -0.2) is 8.78 Å². The Morgan fingerprint density at radius 2 is 1.94 bits per heavy atom. The molecular formula is C23H22F2N4O2. The van der Waals surface area contributed by atoms with Crippen molar-refractivity contribution in [1.29, 1.82) is 0 Å². The van der Waals surface area contributed by atoms with Crippen LogP contribution in [0.3, 0.4) is 0 Å². The number of halogens is 2. The molecule has 1 atom stereocenters. The molecule has 1 N–H and O–H groups in total. The van der Waals surface area contributed by atoms with Gasteiger partial charge in [0.2, 0.25) is 5.91 Å². The number of amides is 1. The molecule has 1 aromatic heterocycles. The molecule has 0 saturated carbocycles. The zero-order valence-corrected chi connectivity index (χ0v) is 16.8. The number of anilines is 1. The third-order valence-electron chi connectivity index (χ3n) is 5.37. The lowest BCUT2D eigenvalue weighted by molar-refractivity contribution is -0.125. The normalized spacial score (nSPS) is 16.2. The molecule has 1 aliphatic rings. The van der Waals surface area contributed by atoms with Gasteiger partial charge in [0.05, 0.1) is 11.6 Å². The molecule has 6 nitrogen and oxygen atoms in total. The van der Waals surface area contributed by atoms with Crippen molar-refractivity contribution in [1.82, 2.24) is 15.1 Å². The summed E-state index contributed by atoms with van der Waals surface area (Å²) in [5.74, 6) is -0.697. The standard InChI is InChI=1S/C23H22F2N4O2/c24-18-7-3-8-19(13-18)29-22(30)11-10-21(27-29)28-12-4-6-17(15-28)23(31)26-14-16-5-1-2-9-20(16)25/h1-3,5,7-11,13,17H,4,6,12,14-15H2,(H,26,31)/t17-/m1/s1. The first-order chi connectivity index (χ1) is 15.0. The van der Waals surface area contributed by atoms with Crippen LogP contribution in [0.2, 0.25) is 0 Å². The Morgan fingerprint density at radius 1 is 1.10 bits per heavy atom. The zero-order valence-electron chi connectivity index (χ0n) is 16.8. The molecule has 0 aliphatic carbocycles. The van der Waals surface area contributed by atoms with Crippen LogP contribution in [-0.4, -0.2) is 28.8 Å². The fourth-order valence-electron chi connectivity index (χ4n) is 3.73. The van der Waals surface area contributed by atoms with Gasteiger partial charge >= 0.3 is 0 Å². The third-order valence-corrected chi connectivity index (χ3v) is 5.37. The van der Waals surface area contributed by atoms with E-state index in [1.54, 1.807) is 30.3 Å². The summed E-state index contributed by atoms with van der Waals surface area (Å²) >= 11 is 0. The van der Waals surface area contributed by atoms with Crippen molar-refractivity contribution in [3.05, 3.63) is 88.2 Å². The van der Waals surface area contributed by atoms with Crippen molar-refractivity contribution in [3.63, 3.8) is 0 Å². The molecule has 1 fully saturated rings. The molecule has 4 rings (SSSR count). The van der Waals surface area contributed by atoms with E-state index in [2.05, 4.69) is 10.4 Å². The van der Waals surface area contributed by atoms with Crippen molar-refractivity contribution < 1.29 is 13.6 Å². The van der Waals surface area contributed by atoms with Gasteiger partial charge in [-0.1, -0.05) is 24.3 Å². The van der Waals surface area contributed by atoms with Crippen LogP contribution in [0.25, 0.3) is 5.69 Å². The average Bonchev–Trinajstić information content (AvgIpc) is 2.79. The summed E-state index contributed by atoms with van der Waals surface area (Å²) in [4.78, 5) is 26.8. The highest BCUT2D eigenvalue weighted by atomic mass is 19.1. The predicted molar refractivity (Wildman–Crippen MR) is 113 cm³/mol. The predicted octanol–water partition coefficient (Wildman–Crippen LogP) is 3.04. The van der Waals surface area contributed by atoms with Crippen LogP contribution >= 0.6 is 0 Å². The Bertz CT molecular complexity index is 1150. The molecule has 0 spiro atoms. The molecule has 160 valence electrons. The Morgan fingerprint density at radius 3 is 2.74 bits per heavy atom. The van der Waals surface area contributed by atoms with E-state index in [1.807, 2.05) is 4.90 Å². The van der Waals surface area contributed by atoms with Gasteiger partial charge in [0.1, 0.15) is 17.5 Å². The molecule has 8 heteroatoms. The molecule has 1 saturated heterocycles. The van der Waals surface area contributed by atoms with Gasteiger partial charge in [-0.3, -0.25) is 9.59 Å². The van der Waals surface area contributed by atoms with Gasteiger partial charge in [0.25, 0.3) is 5.56 Å². The first-order valence-corrected chi connectivity index (χ1v) is 10.1. The van der Waals surface area contributed by atoms with E-state index < -0.39 is 5.82 Å². The van der Waals surface area contributed by atoms with Crippen molar-refractivity contribution in [2.75, 3.05) is 18.0 Å². The topological polar surface area (TPSA) is 67.2 Å².